The molecule has 0 unspecified atom stereocenters. The third-order valence-corrected chi connectivity index (χ3v) is 3.23. The minimum atomic E-state index is 0.498. The number of ether oxygens (including phenoxy) is 2. The van der Waals surface area contributed by atoms with Crippen molar-refractivity contribution in [2.24, 2.45) is 0 Å². The van der Waals surface area contributed by atoms with Gasteiger partial charge in [0, 0.05) is 11.8 Å². The van der Waals surface area contributed by atoms with E-state index in [2.05, 4.69) is 38.1 Å². The second-order valence-corrected chi connectivity index (χ2v) is 5.10. The van der Waals surface area contributed by atoms with Crippen LogP contribution < -0.4 is 15.2 Å². The summed E-state index contributed by atoms with van der Waals surface area (Å²) < 4.78 is 11.0. The van der Waals surface area contributed by atoms with Gasteiger partial charge in [-0.05, 0) is 29.2 Å². The van der Waals surface area contributed by atoms with Crippen molar-refractivity contribution in [2.45, 2.75) is 26.4 Å². The normalized spacial score (nSPS) is 10.6. The molecule has 3 heteroatoms. The van der Waals surface area contributed by atoms with Crippen molar-refractivity contribution < 1.29 is 9.47 Å². The maximum absolute atomic E-state index is 5.79. The lowest BCUT2D eigenvalue weighted by atomic mass is 10.0. The van der Waals surface area contributed by atoms with Crippen LogP contribution in [-0.2, 0) is 6.61 Å². The van der Waals surface area contributed by atoms with Crippen molar-refractivity contribution in [3.05, 3.63) is 53.6 Å². The van der Waals surface area contributed by atoms with E-state index in [1.165, 1.54) is 5.56 Å². The lowest BCUT2D eigenvalue weighted by Gasteiger charge is -2.12. The number of hydrogen-bond donors (Lipinski definition) is 1. The smallest absolute Gasteiger partial charge is 0.163 e. The summed E-state index contributed by atoms with van der Waals surface area (Å²) in [5, 5.41) is 0. The Balaban J connectivity index is 2.06. The maximum atomic E-state index is 5.79. The minimum absolute atomic E-state index is 0.498. The largest absolute Gasteiger partial charge is 0.493 e. The number of nitrogen functional groups attached to an aromatic ring is 1. The van der Waals surface area contributed by atoms with E-state index in [1.54, 1.807) is 19.2 Å². The number of methoxy groups -OCH3 is 1. The molecule has 0 bridgehead atoms. The van der Waals surface area contributed by atoms with Crippen molar-refractivity contribution >= 4 is 5.69 Å². The molecule has 2 aromatic rings. The molecular formula is C17H21NO2. The maximum Gasteiger partial charge on any atom is 0.163 e. The van der Waals surface area contributed by atoms with Crippen LogP contribution in [0.2, 0.25) is 0 Å². The van der Waals surface area contributed by atoms with Crippen LogP contribution in [0.4, 0.5) is 5.69 Å². The van der Waals surface area contributed by atoms with Gasteiger partial charge in [0.2, 0.25) is 0 Å². The van der Waals surface area contributed by atoms with E-state index >= 15 is 0 Å². The average Bonchev–Trinajstić information content (AvgIpc) is 2.45. The van der Waals surface area contributed by atoms with Gasteiger partial charge in [-0.15, -0.1) is 0 Å². The van der Waals surface area contributed by atoms with E-state index in [4.69, 9.17) is 15.2 Å². The Kier molecular flexibility index (Phi) is 4.51. The first-order valence-electron chi connectivity index (χ1n) is 6.75. The van der Waals surface area contributed by atoms with E-state index in [0.717, 1.165) is 5.56 Å². The summed E-state index contributed by atoms with van der Waals surface area (Å²) in [4.78, 5) is 0. The summed E-state index contributed by atoms with van der Waals surface area (Å²) in [6.07, 6.45) is 0. The molecule has 0 fully saturated rings. The highest BCUT2D eigenvalue weighted by atomic mass is 16.5. The molecule has 0 heterocycles. The van der Waals surface area contributed by atoms with Crippen LogP contribution in [0.3, 0.4) is 0 Å². The van der Waals surface area contributed by atoms with Crippen LogP contribution in [0, 0.1) is 0 Å². The van der Waals surface area contributed by atoms with Crippen molar-refractivity contribution in [3.63, 3.8) is 0 Å². The lowest BCUT2D eigenvalue weighted by molar-refractivity contribution is 0.284. The molecule has 2 aromatic carbocycles. The summed E-state index contributed by atoms with van der Waals surface area (Å²) in [5.74, 6) is 1.90. The summed E-state index contributed by atoms with van der Waals surface area (Å²) in [6.45, 7) is 4.87. The Morgan fingerprint density at radius 1 is 1.00 bits per heavy atom. The zero-order chi connectivity index (χ0) is 14.5. The summed E-state index contributed by atoms with van der Waals surface area (Å²) in [6, 6.07) is 13.8. The molecule has 106 valence electrons. The van der Waals surface area contributed by atoms with E-state index in [0.29, 0.717) is 29.7 Å². The molecule has 0 saturated carbocycles. The Hall–Kier alpha value is -2.16. The quantitative estimate of drug-likeness (QED) is 0.836. The highest BCUT2D eigenvalue weighted by Crippen LogP contribution is 2.29. The van der Waals surface area contributed by atoms with Crippen molar-refractivity contribution in [3.8, 4) is 11.5 Å². The highest BCUT2D eigenvalue weighted by molar-refractivity contribution is 5.52. The number of nitrogens with two attached hydrogens (primary N) is 1. The summed E-state index contributed by atoms with van der Waals surface area (Å²) in [5.41, 5.74) is 8.88. The molecule has 0 radical (unpaired) electrons. The summed E-state index contributed by atoms with van der Waals surface area (Å²) in [7, 11) is 1.62. The zero-order valence-corrected chi connectivity index (χ0v) is 12.2. The molecule has 2 rings (SSSR count). The molecule has 3 nitrogen and oxygen atoms in total. The van der Waals surface area contributed by atoms with Gasteiger partial charge in [-0.3, -0.25) is 0 Å². The minimum Gasteiger partial charge on any atom is -0.493 e. The van der Waals surface area contributed by atoms with Gasteiger partial charge in [0.15, 0.2) is 11.5 Å². The molecule has 0 aliphatic heterocycles. The van der Waals surface area contributed by atoms with Crippen molar-refractivity contribution in [2.75, 3.05) is 12.8 Å². The fourth-order valence-electron chi connectivity index (χ4n) is 1.97. The average molecular weight is 271 g/mol. The number of anilines is 1. The fraction of sp³-hybridized carbons (Fsp3) is 0.294. The number of rotatable bonds is 5. The first-order chi connectivity index (χ1) is 9.60. The second-order valence-electron chi connectivity index (χ2n) is 5.10. The van der Waals surface area contributed by atoms with Gasteiger partial charge in [-0.2, -0.15) is 0 Å². The van der Waals surface area contributed by atoms with Gasteiger partial charge in [-0.1, -0.05) is 38.1 Å². The predicted octanol–water partition coefficient (Wildman–Crippen LogP) is 3.98. The van der Waals surface area contributed by atoms with Crippen LogP contribution in [-0.4, -0.2) is 7.11 Å². The number of benzene rings is 2. The standard InChI is InChI=1S/C17H21NO2/c1-12(2)14-6-4-13(5-7-14)11-20-17-10-15(18)8-9-16(17)19-3/h4-10,12H,11,18H2,1-3H3. The molecule has 0 atom stereocenters. The summed E-state index contributed by atoms with van der Waals surface area (Å²) >= 11 is 0. The SMILES string of the molecule is COc1ccc(N)cc1OCc1ccc(C(C)C)cc1. The Bertz CT molecular complexity index is 562. The monoisotopic (exact) mass is 271 g/mol. The van der Waals surface area contributed by atoms with Crippen LogP contribution in [0.15, 0.2) is 42.5 Å². The fourth-order valence-corrected chi connectivity index (χ4v) is 1.97. The van der Waals surface area contributed by atoms with Crippen molar-refractivity contribution in [1.82, 2.24) is 0 Å². The molecule has 0 spiro atoms. The third-order valence-electron chi connectivity index (χ3n) is 3.23. The molecular weight excluding hydrogens is 250 g/mol. The Morgan fingerprint density at radius 2 is 1.70 bits per heavy atom. The van der Waals surface area contributed by atoms with E-state index < -0.39 is 0 Å². The van der Waals surface area contributed by atoms with Gasteiger partial charge in [-0.25, -0.2) is 0 Å². The molecule has 20 heavy (non-hydrogen) atoms. The van der Waals surface area contributed by atoms with Crippen LogP contribution in [0.5, 0.6) is 11.5 Å². The zero-order valence-electron chi connectivity index (χ0n) is 12.2. The highest BCUT2D eigenvalue weighted by Gasteiger charge is 2.05. The molecule has 0 amide bonds. The lowest BCUT2D eigenvalue weighted by Crippen LogP contribution is -1.99. The molecule has 0 aliphatic carbocycles. The second kappa shape index (κ2) is 6.33. The molecule has 0 aromatic heterocycles. The topological polar surface area (TPSA) is 44.5 Å². The molecule has 0 saturated heterocycles. The first-order valence-corrected chi connectivity index (χ1v) is 6.75. The molecule has 2 N–H and O–H groups in total. The van der Waals surface area contributed by atoms with Gasteiger partial charge >= 0.3 is 0 Å². The van der Waals surface area contributed by atoms with E-state index in [1.807, 2.05) is 6.07 Å². The van der Waals surface area contributed by atoms with Crippen LogP contribution >= 0.6 is 0 Å². The van der Waals surface area contributed by atoms with Gasteiger partial charge in [0.1, 0.15) is 6.61 Å². The Labute approximate surface area is 120 Å². The van der Waals surface area contributed by atoms with Gasteiger partial charge < -0.3 is 15.2 Å². The molecule has 0 aliphatic rings. The van der Waals surface area contributed by atoms with Crippen LogP contribution in [0.1, 0.15) is 30.9 Å². The Morgan fingerprint density at radius 3 is 2.30 bits per heavy atom. The number of hydrogen-bond acceptors (Lipinski definition) is 3. The van der Waals surface area contributed by atoms with E-state index in [-0.39, 0.29) is 0 Å². The van der Waals surface area contributed by atoms with Gasteiger partial charge in [0.25, 0.3) is 0 Å². The third kappa shape index (κ3) is 3.44. The first kappa shape index (κ1) is 14.3. The van der Waals surface area contributed by atoms with Gasteiger partial charge in [0.05, 0.1) is 7.11 Å². The van der Waals surface area contributed by atoms with Crippen LogP contribution in [0.25, 0.3) is 0 Å². The van der Waals surface area contributed by atoms with Crippen molar-refractivity contribution in [1.29, 1.82) is 0 Å². The van der Waals surface area contributed by atoms with E-state index in [9.17, 15) is 0 Å². The predicted molar refractivity (Wildman–Crippen MR) is 82.3 cm³/mol.